The average Bonchev–Trinajstić information content (AvgIpc) is 2.40. The maximum atomic E-state index is 11.6. The number of carboxylic acids is 1. The van der Waals surface area contributed by atoms with Gasteiger partial charge < -0.3 is 21.1 Å². The second-order valence-corrected chi connectivity index (χ2v) is 4.94. The van der Waals surface area contributed by atoms with Crippen LogP contribution in [0, 0.1) is 0 Å². The molecule has 0 aromatic rings. The first-order valence-corrected chi connectivity index (χ1v) is 7.13. The molecule has 0 aromatic carbocycles. The number of carboxylic acid groups (broad SMARTS) is 1. The Morgan fingerprint density at radius 2 is 2.00 bits per heavy atom. The summed E-state index contributed by atoms with van der Waals surface area (Å²) in [7, 11) is 0. The lowest BCUT2D eigenvalue weighted by Crippen LogP contribution is -2.52. The van der Waals surface area contributed by atoms with Gasteiger partial charge >= 0.3 is 12.0 Å². The first-order valence-electron chi connectivity index (χ1n) is 7.13. The minimum absolute atomic E-state index is 0.125. The number of aliphatic carboxylic acids is 1. The number of carbonyl (C=O) groups excluding carboxylic acids is 2. The van der Waals surface area contributed by atoms with E-state index in [1.807, 2.05) is 0 Å². The molecule has 1 unspecified atom stereocenters. The fraction of sp³-hybridized carbons (Fsp3) is 0.769. The number of carbonyl (C=O) groups is 3. The number of hydrogen-bond donors (Lipinski definition) is 4. The number of rotatable bonds is 8. The first-order chi connectivity index (χ1) is 9.59. The second kappa shape index (κ2) is 9.17. The van der Waals surface area contributed by atoms with Crippen molar-refractivity contribution in [2.24, 2.45) is 0 Å². The maximum absolute atomic E-state index is 11.6. The van der Waals surface area contributed by atoms with Crippen molar-refractivity contribution in [3.05, 3.63) is 0 Å². The van der Waals surface area contributed by atoms with Crippen LogP contribution in [-0.4, -0.2) is 42.1 Å². The Bertz CT molecular complexity index is 347. The highest BCUT2D eigenvalue weighted by Gasteiger charge is 2.23. The van der Waals surface area contributed by atoms with Gasteiger partial charge in [0.15, 0.2) is 0 Å². The lowest BCUT2D eigenvalue weighted by Gasteiger charge is -2.22. The predicted octanol–water partition coefficient (Wildman–Crippen LogP) is 0.599. The SMILES string of the molecule is O=C(O)CCCCCCNC(=O)NC1CCCNC1=O. The molecule has 1 aliphatic rings. The summed E-state index contributed by atoms with van der Waals surface area (Å²) in [6, 6.07) is -0.753. The molecule has 1 rings (SSSR count). The molecule has 1 aliphatic heterocycles. The van der Waals surface area contributed by atoms with Gasteiger partial charge in [0.25, 0.3) is 0 Å². The van der Waals surface area contributed by atoms with Crippen molar-refractivity contribution in [1.82, 2.24) is 16.0 Å². The van der Waals surface area contributed by atoms with Crippen LogP contribution in [0.5, 0.6) is 0 Å². The molecule has 0 spiro atoms. The van der Waals surface area contributed by atoms with Crippen LogP contribution in [0.25, 0.3) is 0 Å². The smallest absolute Gasteiger partial charge is 0.315 e. The third kappa shape index (κ3) is 6.96. The summed E-state index contributed by atoms with van der Waals surface area (Å²) in [4.78, 5) is 33.3. The van der Waals surface area contributed by atoms with Gasteiger partial charge in [0, 0.05) is 19.5 Å². The van der Waals surface area contributed by atoms with Crippen LogP contribution in [0.2, 0.25) is 0 Å². The van der Waals surface area contributed by atoms with Crippen molar-refractivity contribution < 1.29 is 19.5 Å². The summed E-state index contributed by atoms with van der Waals surface area (Å²) >= 11 is 0. The van der Waals surface area contributed by atoms with Crippen LogP contribution in [0.1, 0.15) is 44.9 Å². The summed E-state index contributed by atoms with van der Waals surface area (Å²) in [6.45, 7) is 1.21. The van der Waals surface area contributed by atoms with Gasteiger partial charge in [-0.2, -0.15) is 0 Å². The van der Waals surface area contributed by atoms with Gasteiger partial charge in [-0.25, -0.2) is 4.79 Å². The van der Waals surface area contributed by atoms with E-state index in [2.05, 4.69) is 16.0 Å². The molecule has 0 radical (unpaired) electrons. The monoisotopic (exact) mass is 285 g/mol. The summed E-state index contributed by atoms with van der Waals surface area (Å²) in [5.41, 5.74) is 0. The molecule has 1 atom stereocenters. The van der Waals surface area contributed by atoms with Gasteiger partial charge in [-0.15, -0.1) is 0 Å². The van der Waals surface area contributed by atoms with E-state index in [1.54, 1.807) is 0 Å². The standard InChI is InChI=1S/C13H23N3O4/c17-11(18)7-3-1-2-4-8-15-13(20)16-10-6-5-9-14-12(10)19/h10H,1-9H2,(H,14,19)(H,17,18)(H2,15,16,20). The zero-order valence-corrected chi connectivity index (χ0v) is 11.6. The molecule has 0 saturated carbocycles. The quantitative estimate of drug-likeness (QED) is 0.490. The summed E-state index contributed by atoms with van der Waals surface area (Å²) in [6.07, 6.45) is 4.96. The molecule has 7 heteroatoms. The number of unbranched alkanes of at least 4 members (excludes halogenated alkanes) is 3. The molecule has 1 saturated heterocycles. The molecule has 114 valence electrons. The third-order valence-electron chi connectivity index (χ3n) is 3.19. The zero-order chi connectivity index (χ0) is 14.8. The highest BCUT2D eigenvalue weighted by Crippen LogP contribution is 2.03. The van der Waals surface area contributed by atoms with E-state index in [1.165, 1.54) is 0 Å². The van der Waals surface area contributed by atoms with Crippen molar-refractivity contribution >= 4 is 17.9 Å². The second-order valence-electron chi connectivity index (χ2n) is 4.94. The maximum Gasteiger partial charge on any atom is 0.315 e. The van der Waals surface area contributed by atoms with Crippen molar-refractivity contribution in [3.63, 3.8) is 0 Å². The van der Waals surface area contributed by atoms with Crippen LogP contribution in [0.4, 0.5) is 4.79 Å². The Labute approximate surface area is 118 Å². The average molecular weight is 285 g/mol. The molecule has 0 aromatic heterocycles. The lowest BCUT2D eigenvalue weighted by atomic mass is 10.1. The van der Waals surface area contributed by atoms with E-state index in [4.69, 9.17) is 5.11 Å². The van der Waals surface area contributed by atoms with Crippen molar-refractivity contribution in [3.8, 4) is 0 Å². The zero-order valence-electron chi connectivity index (χ0n) is 11.6. The molecule has 0 bridgehead atoms. The molecular weight excluding hydrogens is 262 g/mol. The molecule has 20 heavy (non-hydrogen) atoms. The lowest BCUT2D eigenvalue weighted by molar-refractivity contribution is -0.137. The molecule has 1 heterocycles. The number of nitrogens with one attached hydrogen (secondary N) is 3. The van der Waals surface area contributed by atoms with E-state index < -0.39 is 12.0 Å². The summed E-state index contributed by atoms with van der Waals surface area (Å²) in [5.74, 6) is -0.895. The molecule has 4 N–H and O–H groups in total. The fourth-order valence-corrected chi connectivity index (χ4v) is 2.08. The van der Waals surface area contributed by atoms with Gasteiger partial charge in [0.1, 0.15) is 6.04 Å². The Morgan fingerprint density at radius 1 is 1.25 bits per heavy atom. The minimum Gasteiger partial charge on any atom is -0.481 e. The van der Waals surface area contributed by atoms with E-state index in [-0.39, 0.29) is 18.4 Å². The summed E-state index contributed by atoms with van der Waals surface area (Å²) in [5, 5.41) is 16.5. The number of piperidine rings is 1. The van der Waals surface area contributed by atoms with Crippen molar-refractivity contribution in [2.75, 3.05) is 13.1 Å². The van der Waals surface area contributed by atoms with Gasteiger partial charge in [0.2, 0.25) is 5.91 Å². The topological polar surface area (TPSA) is 108 Å². The minimum atomic E-state index is -0.770. The van der Waals surface area contributed by atoms with Crippen molar-refractivity contribution in [1.29, 1.82) is 0 Å². The van der Waals surface area contributed by atoms with E-state index >= 15 is 0 Å². The number of hydrogen-bond acceptors (Lipinski definition) is 3. The van der Waals surface area contributed by atoms with Crippen LogP contribution < -0.4 is 16.0 Å². The Morgan fingerprint density at radius 3 is 2.70 bits per heavy atom. The normalized spacial score (nSPS) is 18.2. The van der Waals surface area contributed by atoms with Crippen LogP contribution in [-0.2, 0) is 9.59 Å². The predicted molar refractivity (Wildman–Crippen MR) is 73.3 cm³/mol. The van der Waals surface area contributed by atoms with Crippen LogP contribution in [0.15, 0.2) is 0 Å². The molecule has 1 fully saturated rings. The first kappa shape index (κ1) is 16.3. The molecule has 7 nitrogen and oxygen atoms in total. The summed E-state index contributed by atoms with van der Waals surface area (Å²) < 4.78 is 0. The van der Waals surface area contributed by atoms with E-state index in [9.17, 15) is 14.4 Å². The van der Waals surface area contributed by atoms with Gasteiger partial charge in [-0.3, -0.25) is 9.59 Å². The Balaban J connectivity index is 2.00. The molecule has 3 amide bonds. The molecule has 0 aliphatic carbocycles. The fourth-order valence-electron chi connectivity index (χ4n) is 2.08. The largest absolute Gasteiger partial charge is 0.481 e. The van der Waals surface area contributed by atoms with Crippen LogP contribution in [0.3, 0.4) is 0 Å². The van der Waals surface area contributed by atoms with Crippen molar-refractivity contribution in [2.45, 2.75) is 51.0 Å². The Kier molecular flexibility index (Phi) is 7.46. The number of urea groups is 1. The Hall–Kier alpha value is -1.79. The van der Waals surface area contributed by atoms with E-state index in [0.29, 0.717) is 25.9 Å². The van der Waals surface area contributed by atoms with Crippen LogP contribution >= 0.6 is 0 Å². The number of amides is 3. The van der Waals surface area contributed by atoms with Gasteiger partial charge in [-0.1, -0.05) is 12.8 Å². The van der Waals surface area contributed by atoms with Gasteiger partial charge in [0.05, 0.1) is 0 Å². The highest BCUT2D eigenvalue weighted by atomic mass is 16.4. The third-order valence-corrected chi connectivity index (χ3v) is 3.19. The van der Waals surface area contributed by atoms with Gasteiger partial charge in [-0.05, 0) is 25.7 Å². The van der Waals surface area contributed by atoms with E-state index in [0.717, 1.165) is 25.7 Å². The molecular formula is C13H23N3O4. The highest BCUT2D eigenvalue weighted by molar-refractivity contribution is 5.87.